The normalized spacial score (nSPS) is 18.5. The quantitative estimate of drug-likeness (QED) is 0.916. The molecule has 2 aromatic rings. The highest BCUT2D eigenvalue weighted by molar-refractivity contribution is 5.38. The number of hydrogen-bond donors (Lipinski definition) is 1. The van der Waals surface area contributed by atoms with Crippen LogP contribution in [0.4, 0.5) is 13.2 Å². The minimum absolute atomic E-state index is 0.343. The Hall–Kier alpha value is -2.01. The van der Waals surface area contributed by atoms with Crippen molar-refractivity contribution >= 4 is 0 Å². The molecule has 0 spiro atoms. The van der Waals surface area contributed by atoms with Crippen LogP contribution >= 0.6 is 0 Å². The summed E-state index contributed by atoms with van der Waals surface area (Å²) >= 11 is 0. The second kappa shape index (κ2) is 4.83. The molecular weight excluding hydrogens is 267 g/mol. The van der Waals surface area contributed by atoms with Crippen molar-refractivity contribution in [2.75, 3.05) is 0 Å². The van der Waals surface area contributed by atoms with Gasteiger partial charge in [-0.15, -0.1) is 0 Å². The standard InChI is InChI=1S/C15H12F3NO/c16-9-6-10(17)14(11(18)7-9)15(19)13-5-8-3-1-2-4-12(8)20-13/h1-4,6-7,13,15H,5,19H2. The van der Waals surface area contributed by atoms with Gasteiger partial charge in [0.2, 0.25) is 0 Å². The number of rotatable bonds is 2. The van der Waals surface area contributed by atoms with E-state index >= 15 is 0 Å². The van der Waals surface area contributed by atoms with Gasteiger partial charge < -0.3 is 10.5 Å². The topological polar surface area (TPSA) is 35.2 Å². The molecule has 0 saturated carbocycles. The molecule has 104 valence electrons. The first-order valence-electron chi connectivity index (χ1n) is 6.21. The minimum atomic E-state index is -0.997. The summed E-state index contributed by atoms with van der Waals surface area (Å²) in [6.07, 6.45) is -0.102. The van der Waals surface area contributed by atoms with Gasteiger partial charge in [0.15, 0.2) is 0 Å². The molecule has 0 radical (unpaired) electrons. The Bertz CT molecular complexity index is 611. The number of halogens is 3. The Balaban J connectivity index is 1.90. The van der Waals surface area contributed by atoms with Crippen molar-refractivity contribution in [3.63, 3.8) is 0 Å². The molecule has 0 fully saturated rings. The van der Waals surface area contributed by atoms with E-state index in [1.165, 1.54) is 0 Å². The molecule has 2 nitrogen and oxygen atoms in total. The van der Waals surface area contributed by atoms with E-state index in [-0.39, 0.29) is 5.56 Å². The lowest BCUT2D eigenvalue weighted by molar-refractivity contribution is 0.195. The van der Waals surface area contributed by atoms with Crippen LogP contribution in [0.2, 0.25) is 0 Å². The zero-order valence-electron chi connectivity index (χ0n) is 10.4. The van der Waals surface area contributed by atoms with Crippen LogP contribution in [-0.4, -0.2) is 6.10 Å². The number of hydrogen-bond acceptors (Lipinski definition) is 2. The maximum atomic E-state index is 13.7. The van der Waals surface area contributed by atoms with Crippen molar-refractivity contribution in [2.45, 2.75) is 18.6 Å². The molecule has 1 aliphatic rings. The maximum absolute atomic E-state index is 13.7. The Morgan fingerprint density at radius 1 is 1.10 bits per heavy atom. The van der Waals surface area contributed by atoms with Crippen molar-refractivity contribution in [1.82, 2.24) is 0 Å². The maximum Gasteiger partial charge on any atom is 0.133 e. The van der Waals surface area contributed by atoms with Gasteiger partial charge >= 0.3 is 0 Å². The summed E-state index contributed by atoms with van der Waals surface area (Å²) in [6.45, 7) is 0. The molecule has 2 atom stereocenters. The number of nitrogens with two attached hydrogens (primary N) is 1. The van der Waals surface area contributed by atoms with Gasteiger partial charge in [0.25, 0.3) is 0 Å². The van der Waals surface area contributed by atoms with E-state index in [2.05, 4.69) is 0 Å². The molecule has 0 aliphatic carbocycles. The van der Waals surface area contributed by atoms with Gasteiger partial charge in [-0.2, -0.15) is 0 Å². The SMILES string of the molecule is NC(c1c(F)cc(F)cc1F)C1Cc2ccccc2O1. The monoisotopic (exact) mass is 279 g/mol. The fraction of sp³-hybridized carbons (Fsp3) is 0.200. The first kappa shape index (κ1) is 13.0. The summed E-state index contributed by atoms with van der Waals surface area (Å²) in [5.74, 6) is -2.29. The molecule has 20 heavy (non-hydrogen) atoms. The summed E-state index contributed by atoms with van der Waals surface area (Å²) in [5.41, 5.74) is 6.50. The lowest BCUT2D eigenvalue weighted by atomic mass is 9.97. The van der Waals surface area contributed by atoms with Crippen molar-refractivity contribution in [2.24, 2.45) is 5.73 Å². The van der Waals surface area contributed by atoms with E-state index in [9.17, 15) is 13.2 Å². The van der Waals surface area contributed by atoms with Gasteiger partial charge in [-0.1, -0.05) is 18.2 Å². The summed E-state index contributed by atoms with van der Waals surface area (Å²) in [6, 6.07) is 7.57. The highest BCUT2D eigenvalue weighted by atomic mass is 19.1. The van der Waals surface area contributed by atoms with Gasteiger partial charge in [0, 0.05) is 24.1 Å². The third-order valence-corrected chi connectivity index (χ3v) is 3.45. The number of para-hydroxylation sites is 1. The summed E-state index contributed by atoms with van der Waals surface area (Å²) in [7, 11) is 0. The second-order valence-electron chi connectivity index (χ2n) is 4.78. The zero-order chi connectivity index (χ0) is 14.3. The smallest absolute Gasteiger partial charge is 0.133 e. The molecule has 2 N–H and O–H groups in total. The predicted molar refractivity (Wildman–Crippen MR) is 67.8 cm³/mol. The van der Waals surface area contributed by atoms with E-state index in [4.69, 9.17) is 10.5 Å². The Morgan fingerprint density at radius 3 is 2.40 bits per heavy atom. The van der Waals surface area contributed by atoms with Crippen molar-refractivity contribution in [1.29, 1.82) is 0 Å². The van der Waals surface area contributed by atoms with Gasteiger partial charge in [-0.05, 0) is 11.6 Å². The molecule has 2 unspecified atom stereocenters. The molecule has 0 saturated heterocycles. The first-order valence-corrected chi connectivity index (χ1v) is 6.21. The Kier molecular flexibility index (Phi) is 3.14. The highest BCUT2D eigenvalue weighted by Crippen LogP contribution is 2.34. The zero-order valence-corrected chi connectivity index (χ0v) is 10.4. The third-order valence-electron chi connectivity index (χ3n) is 3.45. The number of fused-ring (bicyclic) bond motifs is 1. The predicted octanol–water partition coefficient (Wildman–Crippen LogP) is 3.11. The molecule has 2 aromatic carbocycles. The van der Waals surface area contributed by atoms with Crippen LogP contribution in [0.15, 0.2) is 36.4 Å². The van der Waals surface area contributed by atoms with Crippen LogP contribution in [0.3, 0.4) is 0 Å². The molecule has 3 rings (SSSR count). The average molecular weight is 279 g/mol. The van der Waals surface area contributed by atoms with Crippen molar-refractivity contribution < 1.29 is 17.9 Å². The van der Waals surface area contributed by atoms with Gasteiger partial charge in [0.1, 0.15) is 29.3 Å². The Morgan fingerprint density at radius 2 is 1.75 bits per heavy atom. The number of ether oxygens (including phenoxy) is 1. The van der Waals surface area contributed by atoms with Crippen LogP contribution < -0.4 is 10.5 Å². The summed E-state index contributed by atoms with van der Waals surface area (Å²) in [4.78, 5) is 0. The van der Waals surface area contributed by atoms with Crippen molar-refractivity contribution in [3.8, 4) is 5.75 Å². The molecule has 0 bridgehead atoms. The van der Waals surface area contributed by atoms with Crippen LogP contribution in [0, 0.1) is 17.5 Å². The van der Waals surface area contributed by atoms with E-state index in [1.807, 2.05) is 18.2 Å². The van der Waals surface area contributed by atoms with E-state index < -0.39 is 29.6 Å². The number of benzene rings is 2. The fourth-order valence-corrected chi connectivity index (χ4v) is 2.47. The van der Waals surface area contributed by atoms with E-state index in [0.717, 1.165) is 5.56 Å². The van der Waals surface area contributed by atoms with Crippen LogP contribution in [0.1, 0.15) is 17.2 Å². The average Bonchev–Trinajstić information content (AvgIpc) is 2.81. The summed E-state index contributed by atoms with van der Waals surface area (Å²) < 4.78 is 46.0. The van der Waals surface area contributed by atoms with Crippen molar-refractivity contribution in [3.05, 3.63) is 65.0 Å². The molecule has 1 heterocycles. The molecule has 0 amide bonds. The molecule has 0 aromatic heterocycles. The minimum Gasteiger partial charge on any atom is -0.488 e. The van der Waals surface area contributed by atoms with Crippen LogP contribution in [0.25, 0.3) is 0 Å². The second-order valence-corrected chi connectivity index (χ2v) is 4.78. The molecule has 5 heteroatoms. The Labute approximate surface area is 114 Å². The van der Waals surface area contributed by atoms with Gasteiger partial charge in [-0.3, -0.25) is 0 Å². The lowest BCUT2D eigenvalue weighted by Gasteiger charge is -2.20. The van der Waals surface area contributed by atoms with E-state index in [1.54, 1.807) is 6.07 Å². The van der Waals surface area contributed by atoms with Gasteiger partial charge in [-0.25, -0.2) is 13.2 Å². The first-order chi connectivity index (χ1) is 9.56. The third kappa shape index (κ3) is 2.14. The lowest BCUT2D eigenvalue weighted by Crippen LogP contribution is -2.31. The van der Waals surface area contributed by atoms with Crippen LogP contribution in [0.5, 0.6) is 5.75 Å². The fourth-order valence-electron chi connectivity index (χ4n) is 2.47. The van der Waals surface area contributed by atoms with E-state index in [0.29, 0.717) is 24.3 Å². The van der Waals surface area contributed by atoms with Gasteiger partial charge in [0.05, 0.1) is 6.04 Å². The summed E-state index contributed by atoms with van der Waals surface area (Å²) in [5, 5.41) is 0. The van der Waals surface area contributed by atoms with Crippen LogP contribution in [-0.2, 0) is 6.42 Å². The highest BCUT2D eigenvalue weighted by Gasteiger charge is 2.32. The molecule has 1 aliphatic heterocycles. The largest absolute Gasteiger partial charge is 0.488 e. The molecular formula is C15H12F3NO.